The Hall–Kier alpha value is -3.52. The van der Waals surface area contributed by atoms with Crippen molar-refractivity contribution in [1.29, 1.82) is 5.26 Å². The third-order valence-electron chi connectivity index (χ3n) is 3.94. The maximum absolute atomic E-state index is 12.3. The minimum atomic E-state index is -4.52. The first-order chi connectivity index (χ1) is 14.7. The largest absolute Gasteiger partial charge is 0.483 e. The van der Waals surface area contributed by atoms with Gasteiger partial charge < -0.3 is 10.1 Å². The number of nitriles is 1. The van der Waals surface area contributed by atoms with Crippen LogP contribution < -0.4 is 10.1 Å². The summed E-state index contributed by atoms with van der Waals surface area (Å²) in [4.78, 5) is 12.3. The van der Waals surface area contributed by atoms with Gasteiger partial charge in [0.2, 0.25) is 5.91 Å². The van der Waals surface area contributed by atoms with Crippen molar-refractivity contribution in [3.63, 3.8) is 0 Å². The summed E-state index contributed by atoms with van der Waals surface area (Å²) in [7, 11) is 0. The van der Waals surface area contributed by atoms with Crippen molar-refractivity contribution in [3.05, 3.63) is 59.9 Å². The van der Waals surface area contributed by atoms with E-state index in [-0.39, 0.29) is 28.7 Å². The van der Waals surface area contributed by atoms with Gasteiger partial charge in [-0.2, -0.15) is 18.4 Å². The summed E-state index contributed by atoms with van der Waals surface area (Å²) in [6, 6.07) is 13.3. The zero-order valence-corrected chi connectivity index (χ0v) is 17.0. The lowest BCUT2D eigenvalue weighted by Gasteiger charge is -2.12. The van der Waals surface area contributed by atoms with Gasteiger partial charge in [-0.1, -0.05) is 29.5 Å². The van der Waals surface area contributed by atoms with Crippen LogP contribution in [0.15, 0.2) is 53.9 Å². The summed E-state index contributed by atoms with van der Waals surface area (Å²) in [5.74, 6) is -0.576. The Balaban J connectivity index is 1.61. The molecule has 0 aliphatic carbocycles. The van der Waals surface area contributed by atoms with Gasteiger partial charge in [0.05, 0.1) is 11.3 Å². The Labute approximate surface area is 179 Å². The minimum absolute atomic E-state index is 0.0127. The molecule has 31 heavy (non-hydrogen) atoms. The van der Waals surface area contributed by atoms with Crippen LogP contribution in [0.25, 0.3) is 5.69 Å². The van der Waals surface area contributed by atoms with Crippen LogP contribution in [0.5, 0.6) is 5.75 Å². The van der Waals surface area contributed by atoms with Crippen LogP contribution in [0.4, 0.5) is 18.9 Å². The molecule has 1 N–H and O–H groups in total. The van der Waals surface area contributed by atoms with Crippen LogP contribution in [0.3, 0.4) is 0 Å². The lowest BCUT2D eigenvalue weighted by Crippen LogP contribution is -2.19. The van der Waals surface area contributed by atoms with Gasteiger partial charge in [0, 0.05) is 11.4 Å². The van der Waals surface area contributed by atoms with Gasteiger partial charge in [-0.05, 0) is 37.3 Å². The number of alkyl halides is 3. The first-order valence-electron chi connectivity index (χ1n) is 8.88. The van der Waals surface area contributed by atoms with Crippen molar-refractivity contribution in [2.45, 2.75) is 18.3 Å². The molecule has 0 bridgehead atoms. The molecule has 0 saturated carbocycles. The number of nitrogens with one attached hydrogen (secondary N) is 1. The average molecular weight is 447 g/mol. The number of benzene rings is 2. The van der Waals surface area contributed by atoms with Crippen LogP contribution in [0.2, 0.25) is 0 Å². The monoisotopic (exact) mass is 447 g/mol. The van der Waals surface area contributed by atoms with Crippen molar-refractivity contribution >= 4 is 23.4 Å². The number of hydrogen-bond donors (Lipinski definition) is 1. The molecule has 1 heterocycles. The quantitative estimate of drug-likeness (QED) is 0.548. The first kappa shape index (κ1) is 22.2. The maximum atomic E-state index is 12.3. The van der Waals surface area contributed by atoms with Crippen LogP contribution in [-0.2, 0) is 4.79 Å². The highest BCUT2D eigenvalue weighted by Crippen LogP contribution is 2.25. The topological polar surface area (TPSA) is 92.8 Å². The van der Waals surface area contributed by atoms with Gasteiger partial charge in [0.15, 0.2) is 11.8 Å². The molecule has 7 nitrogen and oxygen atoms in total. The smallest absolute Gasteiger partial charge is 0.422 e. The van der Waals surface area contributed by atoms with Crippen molar-refractivity contribution < 1.29 is 22.7 Å². The number of amides is 1. The van der Waals surface area contributed by atoms with Gasteiger partial charge >= 0.3 is 6.18 Å². The van der Waals surface area contributed by atoms with E-state index in [1.807, 2.05) is 31.2 Å². The molecule has 0 fully saturated rings. The Morgan fingerprint density at radius 2 is 2.00 bits per heavy atom. The fourth-order valence-corrected chi connectivity index (χ4v) is 3.24. The number of carbonyl (C=O) groups excluding carboxylic acids is 1. The first-order valence-corrected chi connectivity index (χ1v) is 9.87. The molecule has 1 amide bonds. The summed E-state index contributed by atoms with van der Waals surface area (Å²) >= 11 is 1.17. The SMILES string of the molecule is Cc1ccc(-n2cnnc2SCC(=O)Nc2ccc(OCC(F)(F)F)c(C#N)c2)cc1. The predicted molar refractivity (Wildman–Crippen MR) is 108 cm³/mol. The fraction of sp³-hybridized carbons (Fsp3) is 0.200. The lowest BCUT2D eigenvalue weighted by molar-refractivity contribution is -0.153. The number of nitrogens with zero attached hydrogens (tertiary/aromatic N) is 4. The second-order valence-electron chi connectivity index (χ2n) is 6.38. The molecular formula is C20H16F3N5O2S. The standard InChI is InChI=1S/C20H16F3N5O2S/c1-13-2-5-16(6-3-13)28-12-25-27-19(28)31-10-18(29)26-15-4-7-17(14(8-15)9-24)30-11-20(21,22)23/h2-8,12H,10-11H2,1H3,(H,26,29). The highest BCUT2D eigenvalue weighted by Gasteiger charge is 2.28. The van der Waals surface area contributed by atoms with E-state index in [0.717, 1.165) is 11.3 Å². The number of anilines is 1. The Morgan fingerprint density at radius 3 is 2.68 bits per heavy atom. The number of hydrogen-bond acceptors (Lipinski definition) is 6. The molecule has 1 aromatic heterocycles. The summed E-state index contributed by atoms with van der Waals surface area (Å²) in [5.41, 5.74) is 2.11. The molecule has 0 aliphatic rings. The van der Waals surface area contributed by atoms with Crippen LogP contribution in [0, 0.1) is 18.3 Å². The molecule has 0 radical (unpaired) electrons. The molecule has 0 saturated heterocycles. The number of rotatable bonds is 7. The Bertz CT molecular complexity index is 1110. The number of halogens is 3. The summed E-state index contributed by atoms with van der Waals surface area (Å²) < 4.78 is 43.3. The molecule has 160 valence electrons. The van der Waals surface area contributed by atoms with Crippen LogP contribution in [0.1, 0.15) is 11.1 Å². The van der Waals surface area contributed by atoms with E-state index in [9.17, 15) is 18.0 Å². The maximum Gasteiger partial charge on any atom is 0.422 e. The molecule has 0 spiro atoms. The normalized spacial score (nSPS) is 11.1. The summed E-state index contributed by atoms with van der Waals surface area (Å²) in [6.45, 7) is 0.467. The molecule has 0 aliphatic heterocycles. The van der Waals surface area contributed by atoms with Gasteiger partial charge in [0.25, 0.3) is 0 Å². The van der Waals surface area contributed by atoms with Crippen molar-refractivity contribution in [2.75, 3.05) is 17.7 Å². The minimum Gasteiger partial charge on any atom is -0.483 e. The third-order valence-corrected chi connectivity index (χ3v) is 4.88. The van der Waals surface area contributed by atoms with Gasteiger partial charge in [-0.3, -0.25) is 9.36 Å². The fourth-order valence-electron chi connectivity index (χ4n) is 2.51. The van der Waals surface area contributed by atoms with E-state index in [4.69, 9.17) is 5.26 Å². The Kier molecular flexibility index (Phi) is 6.81. The molecule has 11 heteroatoms. The van der Waals surface area contributed by atoms with Crippen LogP contribution in [-0.4, -0.2) is 39.2 Å². The second-order valence-corrected chi connectivity index (χ2v) is 7.33. The molecule has 3 aromatic rings. The Morgan fingerprint density at radius 1 is 1.26 bits per heavy atom. The van der Waals surface area contributed by atoms with E-state index in [0.29, 0.717) is 5.16 Å². The van der Waals surface area contributed by atoms with Crippen molar-refractivity contribution in [2.24, 2.45) is 0 Å². The van der Waals surface area contributed by atoms with E-state index in [2.05, 4.69) is 20.3 Å². The summed E-state index contributed by atoms with van der Waals surface area (Å²) in [5, 5.41) is 20.2. The number of aryl methyl sites for hydroxylation is 1. The predicted octanol–water partition coefficient (Wildman–Crippen LogP) is 4.12. The van der Waals surface area contributed by atoms with Gasteiger partial charge in [-0.25, -0.2) is 0 Å². The third kappa shape index (κ3) is 6.23. The van der Waals surface area contributed by atoms with E-state index >= 15 is 0 Å². The zero-order valence-electron chi connectivity index (χ0n) is 16.2. The lowest BCUT2D eigenvalue weighted by atomic mass is 10.2. The van der Waals surface area contributed by atoms with Gasteiger partial charge in [-0.15, -0.1) is 10.2 Å². The van der Waals surface area contributed by atoms with Gasteiger partial charge in [0.1, 0.15) is 18.1 Å². The second kappa shape index (κ2) is 9.53. The summed E-state index contributed by atoms with van der Waals surface area (Å²) in [6.07, 6.45) is -2.97. The van der Waals surface area contributed by atoms with Crippen molar-refractivity contribution in [3.8, 4) is 17.5 Å². The highest BCUT2D eigenvalue weighted by atomic mass is 32.2. The molecule has 0 atom stereocenters. The molecular weight excluding hydrogens is 431 g/mol. The molecule has 3 rings (SSSR count). The van der Waals surface area contributed by atoms with E-state index < -0.39 is 12.8 Å². The van der Waals surface area contributed by atoms with E-state index in [1.165, 1.54) is 30.0 Å². The number of aromatic nitrogens is 3. The molecule has 0 unspecified atom stereocenters. The van der Waals surface area contributed by atoms with E-state index in [1.54, 1.807) is 17.0 Å². The van der Waals surface area contributed by atoms with Crippen LogP contribution >= 0.6 is 11.8 Å². The highest BCUT2D eigenvalue weighted by molar-refractivity contribution is 7.99. The zero-order chi connectivity index (χ0) is 22.4. The average Bonchev–Trinajstić information content (AvgIpc) is 3.19. The molecule has 2 aromatic carbocycles. The number of carbonyl (C=O) groups is 1. The van der Waals surface area contributed by atoms with Crippen molar-refractivity contribution in [1.82, 2.24) is 14.8 Å². The number of ether oxygens (including phenoxy) is 1. The number of thioether (sulfide) groups is 1.